The van der Waals surface area contributed by atoms with Crippen molar-refractivity contribution in [1.29, 1.82) is 0 Å². The quantitative estimate of drug-likeness (QED) is 0.362. The van der Waals surface area contributed by atoms with E-state index in [4.69, 9.17) is 15.2 Å². The third-order valence-corrected chi connectivity index (χ3v) is 5.92. The molecule has 0 aliphatic rings. The van der Waals surface area contributed by atoms with Gasteiger partial charge in [-0.25, -0.2) is 0 Å². The number of Topliss-reactive ketones (excluding diaryl/α,β-unsaturated/α-hetero) is 1. The first kappa shape index (κ1) is 23.7. The Morgan fingerprint density at radius 3 is 2.17 bits per heavy atom. The summed E-state index contributed by atoms with van der Waals surface area (Å²) in [5.74, 6) is 0.105. The average Bonchev–Trinajstić information content (AvgIpc) is 2.65. The van der Waals surface area contributed by atoms with Crippen LogP contribution in [0.3, 0.4) is 0 Å². The van der Waals surface area contributed by atoms with Crippen LogP contribution in [0.15, 0.2) is 29.2 Å². The summed E-state index contributed by atoms with van der Waals surface area (Å²) in [6.45, 7) is 7.12. The van der Waals surface area contributed by atoms with Gasteiger partial charge in [0.2, 0.25) is 0 Å². The van der Waals surface area contributed by atoms with Crippen molar-refractivity contribution in [3.63, 3.8) is 0 Å². The molecule has 8 heteroatoms. The Hall–Kier alpha value is -2.58. The monoisotopic (exact) mass is 435 g/mol. The minimum absolute atomic E-state index is 0.0732. The van der Waals surface area contributed by atoms with E-state index >= 15 is 0 Å². The molecule has 0 atom stereocenters. The predicted octanol–water partition coefficient (Wildman–Crippen LogP) is 4.20. The van der Waals surface area contributed by atoms with E-state index < -0.39 is 10.1 Å². The number of benzene rings is 2. The van der Waals surface area contributed by atoms with Crippen LogP contribution in [0.5, 0.6) is 11.5 Å². The lowest BCUT2D eigenvalue weighted by atomic mass is 9.87. The maximum atomic E-state index is 13.3. The van der Waals surface area contributed by atoms with Gasteiger partial charge in [-0.1, -0.05) is 27.7 Å². The van der Waals surface area contributed by atoms with Crippen molar-refractivity contribution < 1.29 is 27.2 Å². The molecule has 7 nitrogen and oxygen atoms in total. The summed E-state index contributed by atoms with van der Waals surface area (Å²) in [4.78, 5) is 13.1. The molecule has 0 aromatic heterocycles. The molecule has 3 N–H and O–H groups in total. The molecule has 0 amide bonds. The van der Waals surface area contributed by atoms with E-state index in [-0.39, 0.29) is 45.7 Å². The van der Waals surface area contributed by atoms with Gasteiger partial charge in [0.25, 0.3) is 10.1 Å². The summed E-state index contributed by atoms with van der Waals surface area (Å²) >= 11 is 0. The Morgan fingerprint density at radius 2 is 1.70 bits per heavy atom. The molecule has 0 saturated carbocycles. The second-order valence-corrected chi connectivity index (χ2v) is 9.09. The Bertz CT molecular complexity index is 1060. The van der Waals surface area contributed by atoms with Gasteiger partial charge < -0.3 is 15.2 Å². The smallest absolute Gasteiger partial charge is 0.295 e. The summed E-state index contributed by atoms with van der Waals surface area (Å²) in [6, 6.07) is 6.57. The van der Waals surface area contributed by atoms with Crippen LogP contribution in [0.1, 0.15) is 66.6 Å². The van der Waals surface area contributed by atoms with Crippen molar-refractivity contribution in [2.24, 2.45) is 0 Å². The molecular formula is C22H29NO6S. The number of methoxy groups -OCH3 is 2. The zero-order chi connectivity index (χ0) is 22.8. The SMILES string of the molecule is COc1ccc(OC)c(CC(=O)c2c(N)cc(C(C)C)c(S(=O)(=O)O)c2C(C)C)c1. The van der Waals surface area contributed by atoms with E-state index in [0.717, 1.165) is 0 Å². The third-order valence-electron chi connectivity index (χ3n) is 4.95. The summed E-state index contributed by atoms with van der Waals surface area (Å²) in [6.07, 6.45) is -0.0732. The van der Waals surface area contributed by atoms with E-state index in [0.29, 0.717) is 22.6 Å². The zero-order valence-corrected chi connectivity index (χ0v) is 19.0. The second-order valence-electron chi connectivity index (χ2n) is 7.74. The van der Waals surface area contributed by atoms with Gasteiger partial charge in [0, 0.05) is 23.2 Å². The fourth-order valence-electron chi connectivity index (χ4n) is 3.59. The van der Waals surface area contributed by atoms with Gasteiger partial charge in [-0.2, -0.15) is 8.42 Å². The van der Waals surface area contributed by atoms with Crippen LogP contribution in [-0.4, -0.2) is 33.0 Å². The van der Waals surface area contributed by atoms with Gasteiger partial charge >= 0.3 is 0 Å². The number of hydrogen-bond acceptors (Lipinski definition) is 6. The molecule has 2 aromatic carbocycles. The first-order valence-corrected chi connectivity index (χ1v) is 11.0. The second kappa shape index (κ2) is 9.06. The number of ketones is 1. The lowest BCUT2D eigenvalue weighted by molar-refractivity contribution is 0.0991. The van der Waals surface area contributed by atoms with Crippen LogP contribution in [0.25, 0.3) is 0 Å². The lowest BCUT2D eigenvalue weighted by Gasteiger charge is -2.23. The summed E-state index contributed by atoms with van der Waals surface area (Å²) in [7, 11) is -1.56. The predicted molar refractivity (Wildman–Crippen MR) is 116 cm³/mol. The number of ether oxygens (including phenoxy) is 2. The zero-order valence-electron chi connectivity index (χ0n) is 18.1. The van der Waals surface area contributed by atoms with E-state index in [1.54, 1.807) is 45.9 Å². The number of nitrogen functional groups attached to an aromatic ring is 1. The topological polar surface area (TPSA) is 116 Å². The van der Waals surface area contributed by atoms with Crippen LogP contribution >= 0.6 is 0 Å². The molecule has 0 heterocycles. The Labute approximate surface area is 177 Å². The van der Waals surface area contributed by atoms with Gasteiger partial charge in [-0.3, -0.25) is 9.35 Å². The normalized spacial score (nSPS) is 11.8. The Kier molecular flexibility index (Phi) is 7.15. The minimum Gasteiger partial charge on any atom is -0.497 e. The van der Waals surface area contributed by atoms with Crippen molar-refractivity contribution in [2.75, 3.05) is 20.0 Å². The molecule has 0 bridgehead atoms. The van der Waals surface area contributed by atoms with E-state index in [1.165, 1.54) is 20.3 Å². The maximum absolute atomic E-state index is 13.3. The molecule has 0 aliphatic carbocycles. The highest BCUT2D eigenvalue weighted by atomic mass is 32.2. The van der Waals surface area contributed by atoms with E-state index in [1.807, 2.05) is 0 Å². The van der Waals surface area contributed by atoms with Crippen LogP contribution in [0.4, 0.5) is 5.69 Å². The van der Waals surface area contributed by atoms with Crippen molar-refractivity contribution in [3.05, 3.63) is 46.5 Å². The van der Waals surface area contributed by atoms with E-state index in [2.05, 4.69) is 0 Å². The number of carbonyl (C=O) groups excluding carboxylic acids is 1. The highest BCUT2D eigenvalue weighted by Gasteiger charge is 2.30. The van der Waals surface area contributed by atoms with Crippen molar-refractivity contribution in [3.8, 4) is 11.5 Å². The van der Waals surface area contributed by atoms with E-state index in [9.17, 15) is 17.8 Å². The third kappa shape index (κ3) is 4.76. The molecule has 0 aliphatic heterocycles. The van der Waals surface area contributed by atoms with Crippen molar-refractivity contribution in [1.82, 2.24) is 0 Å². The fourth-order valence-corrected chi connectivity index (χ4v) is 4.80. The van der Waals surface area contributed by atoms with Crippen LogP contribution in [0, 0.1) is 0 Å². The fraction of sp³-hybridized carbons (Fsp3) is 0.409. The Morgan fingerprint density at radius 1 is 1.07 bits per heavy atom. The molecule has 30 heavy (non-hydrogen) atoms. The van der Waals surface area contributed by atoms with Gasteiger partial charge in [0.15, 0.2) is 5.78 Å². The van der Waals surface area contributed by atoms with Gasteiger partial charge in [-0.05, 0) is 47.2 Å². The van der Waals surface area contributed by atoms with Crippen LogP contribution in [0.2, 0.25) is 0 Å². The number of carbonyl (C=O) groups is 1. The largest absolute Gasteiger partial charge is 0.497 e. The van der Waals surface area contributed by atoms with Gasteiger partial charge in [0.05, 0.1) is 14.2 Å². The standard InChI is InChI=1S/C22H29NO6S/c1-12(2)16-11-17(23)21(20(13(3)4)22(16)30(25,26)27)18(24)10-14-9-15(28-5)7-8-19(14)29-6/h7-9,11-13H,10,23H2,1-6H3,(H,25,26,27). The summed E-state index contributed by atoms with van der Waals surface area (Å²) < 4.78 is 45.1. The van der Waals surface area contributed by atoms with Crippen LogP contribution in [-0.2, 0) is 16.5 Å². The maximum Gasteiger partial charge on any atom is 0.295 e. The number of anilines is 1. The summed E-state index contributed by atoms with van der Waals surface area (Å²) in [5, 5.41) is 0. The Balaban J connectivity index is 2.74. The molecule has 0 fully saturated rings. The van der Waals surface area contributed by atoms with Gasteiger partial charge in [0.1, 0.15) is 16.4 Å². The summed E-state index contributed by atoms with van der Waals surface area (Å²) in [5.41, 5.74) is 7.72. The first-order chi connectivity index (χ1) is 13.9. The number of hydrogen-bond donors (Lipinski definition) is 2. The van der Waals surface area contributed by atoms with Crippen molar-refractivity contribution >= 4 is 21.6 Å². The van der Waals surface area contributed by atoms with Gasteiger partial charge in [-0.15, -0.1) is 0 Å². The molecule has 0 unspecified atom stereocenters. The molecule has 2 rings (SSSR count). The molecule has 0 spiro atoms. The number of nitrogens with two attached hydrogens (primary N) is 1. The van der Waals surface area contributed by atoms with Crippen LogP contribution < -0.4 is 15.2 Å². The average molecular weight is 436 g/mol. The van der Waals surface area contributed by atoms with Crippen molar-refractivity contribution in [2.45, 2.75) is 50.8 Å². The lowest BCUT2D eigenvalue weighted by Crippen LogP contribution is -2.18. The molecule has 164 valence electrons. The highest BCUT2D eigenvalue weighted by molar-refractivity contribution is 7.86. The first-order valence-electron chi connectivity index (χ1n) is 9.60. The molecule has 2 aromatic rings. The number of rotatable bonds is 8. The molecule has 0 saturated heterocycles. The minimum atomic E-state index is -4.58. The molecule has 0 radical (unpaired) electrons. The molecular weight excluding hydrogens is 406 g/mol. The highest BCUT2D eigenvalue weighted by Crippen LogP contribution is 2.38.